The van der Waals surface area contributed by atoms with Crippen molar-refractivity contribution in [2.75, 3.05) is 0 Å². The highest BCUT2D eigenvalue weighted by Crippen LogP contribution is 2.68. The predicted octanol–water partition coefficient (Wildman–Crippen LogP) is 13.7. The second kappa shape index (κ2) is 16.0. The highest BCUT2D eigenvalue weighted by Gasteiger charge is 2.60. The lowest BCUT2D eigenvalue weighted by molar-refractivity contribution is 0.166. The highest BCUT2D eigenvalue weighted by atomic mass is 14.6. The van der Waals surface area contributed by atoms with Crippen LogP contribution in [0.2, 0.25) is 0 Å². The van der Waals surface area contributed by atoms with Crippen LogP contribution in [0.15, 0.2) is 24.3 Å². The zero-order chi connectivity index (χ0) is 33.2. The van der Waals surface area contributed by atoms with E-state index in [4.69, 9.17) is 0 Å². The lowest BCUT2D eigenvalue weighted by Gasteiger charge is -2.32. The van der Waals surface area contributed by atoms with E-state index < -0.39 is 0 Å². The molecule has 0 aromatic heterocycles. The molecule has 0 N–H and O–H groups in total. The zero-order valence-corrected chi connectivity index (χ0v) is 32.2. The van der Waals surface area contributed by atoms with Gasteiger partial charge in [-0.15, -0.1) is 11.8 Å². The van der Waals surface area contributed by atoms with E-state index >= 15 is 0 Å². The van der Waals surface area contributed by atoms with Crippen molar-refractivity contribution < 1.29 is 0 Å². The van der Waals surface area contributed by atoms with Crippen molar-refractivity contribution in [3.05, 3.63) is 24.3 Å². The van der Waals surface area contributed by atoms with Gasteiger partial charge in [0.2, 0.25) is 0 Å². The average molecular weight is 559 g/mol. The van der Waals surface area contributed by atoms with E-state index in [1.54, 1.807) is 0 Å². The maximum absolute atomic E-state index is 3.09. The first kappa shape index (κ1) is 43.5. The summed E-state index contributed by atoms with van der Waals surface area (Å²) in [4.78, 5) is 0. The molecule has 0 heterocycles. The van der Waals surface area contributed by atoms with Crippen molar-refractivity contribution in [2.24, 2.45) is 55.7 Å². The third-order valence-corrected chi connectivity index (χ3v) is 6.82. The third-order valence-electron chi connectivity index (χ3n) is 6.82. The molecule has 2 atom stereocenters. The van der Waals surface area contributed by atoms with Gasteiger partial charge in [-0.2, -0.15) is 0 Å². The molecule has 0 radical (unpaired) electrons. The van der Waals surface area contributed by atoms with E-state index in [0.29, 0.717) is 49.7 Å². The van der Waals surface area contributed by atoms with Crippen molar-refractivity contribution in [3.8, 4) is 11.8 Å². The van der Waals surface area contributed by atoms with Crippen LogP contribution >= 0.6 is 0 Å². The Hall–Kier alpha value is -0.960. The summed E-state index contributed by atoms with van der Waals surface area (Å²) in [6, 6.07) is 0. The minimum Gasteiger partial charge on any atom is -0.100 e. The van der Waals surface area contributed by atoms with Crippen molar-refractivity contribution in [1.82, 2.24) is 0 Å². The van der Waals surface area contributed by atoms with Crippen LogP contribution in [0.4, 0.5) is 0 Å². The molecule has 0 aromatic carbocycles. The average Bonchev–Trinajstić information content (AvgIpc) is 3.37. The molecule has 0 nitrogen and oxygen atoms in total. The molecule has 1 fully saturated rings. The molecule has 2 unspecified atom stereocenters. The number of rotatable bonds is 0. The standard InChI is InChI=1S/C12H24.2C10H20.C8H14/c1-10(2,3)9-8-12(9,7)11(4,5)6;2*1-9(2,3)7-8-10(4,5)6;1-7(2)5-6-8(3)4/h9H,8H2,1-7H3;2*7-8H,1-6H3;7-8H,1-4H3/b;8-7+;8-7-;. The Balaban J connectivity index is -0.000000462. The maximum atomic E-state index is 3.09. The Morgan fingerprint density at radius 3 is 0.800 bits per heavy atom. The van der Waals surface area contributed by atoms with Crippen LogP contribution in [-0.2, 0) is 0 Å². The Kier molecular flexibility index (Phi) is 17.4. The third kappa shape index (κ3) is 27.2. The fraction of sp³-hybridized carbons (Fsp3) is 0.850. The molecule has 1 rings (SSSR count). The Labute approximate surface area is 257 Å². The van der Waals surface area contributed by atoms with E-state index in [9.17, 15) is 0 Å². The van der Waals surface area contributed by atoms with Gasteiger partial charge in [-0.05, 0) is 50.2 Å². The topological polar surface area (TPSA) is 0 Å². The van der Waals surface area contributed by atoms with Crippen LogP contribution in [0.5, 0.6) is 0 Å². The summed E-state index contributed by atoms with van der Waals surface area (Å²) in [6.07, 6.45) is 10.5. The fourth-order valence-corrected chi connectivity index (χ4v) is 3.79. The summed E-state index contributed by atoms with van der Waals surface area (Å²) in [5.41, 5.74) is 2.87. The van der Waals surface area contributed by atoms with Crippen molar-refractivity contribution in [3.63, 3.8) is 0 Å². The number of hydrogen-bond acceptors (Lipinski definition) is 0. The van der Waals surface area contributed by atoms with Gasteiger partial charge in [0.15, 0.2) is 0 Å². The fourth-order valence-electron chi connectivity index (χ4n) is 3.79. The maximum Gasteiger partial charge on any atom is 0.0146 e. The van der Waals surface area contributed by atoms with Gasteiger partial charge in [-0.25, -0.2) is 0 Å². The Morgan fingerprint density at radius 1 is 0.500 bits per heavy atom. The molecule has 0 amide bonds. The normalized spacial score (nSPS) is 20.2. The lowest BCUT2D eigenvalue weighted by atomic mass is 9.73. The van der Waals surface area contributed by atoms with Gasteiger partial charge >= 0.3 is 0 Å². The lowest BCUT2D eigenvalue weighted by Crippen LogP contribution is -2.25. The summed E-state index contributed by atoms with van der Waals surface area (Å²) in [5.74, 6) is 8.16. The van der Waals surface area contributed by atoms with Gasteiger partial charge in [0.1, 0.15) is 0 Å². The monoisotopic (exact) mass is 559 g/mol. The van der Waals surface area contributed by atoms with Gasteiger partial charge in [-0.1, -0.05) is 184 Å². The molecular formula is C40H78. The van der Waals surface area contributed by atoms with E-state index in [-0.39, 0.29) is 0 Å². The van der Waals surface area contributed by atoms with Crippen LogP contribution in [0.1, 0.15) is 166 Å². The minimum absolute atomic E-state index is 0.327. The molecule has 238 valence electrons. The van der Waals surface area contributed by atoms with E-state index in [1.807, 2.05) is 0 Å². The van der Waals surface area contributed by atoms with E-state index in [0.717, 1.165) is 5.92 Å². The van der Waals surface area contributed by atoms with E-state index in [1.165, 1.54) is 6.42 Å². The number of hydrogen-bond donors (Lipinski definition) is 0. The van der Waals surface area contributed by atoms with Crippen LogP contribution in [0, 0.1) is 67.5 Å². The highest BCUT2D eigenvalue weighted by molar-refractivity contribution is 5.09. The summed E-state index contributed by atoms with van der Waals surface area (Å²) in [6.45, 7) is 51.7. The van der Waals surface area contributed by atoms with E-state index in [2.05, 4.69) is 195 Å². The molecular weight excluding hydrogens is 480 g/mol. The molecule has 1 saturated carbocycles. The molecule has 0 aliphatic heterocycles. The van der Waals surface area contributed by atoms with Gasteiger partial charge in [-0.3, -0.25) is 0 Å². The van der Waals surface area contributed by atoms with Crippen LogP contribution in [0.25, 0.3) is 0 Å². The molecule has 1 aliphatic rings. The quantitative estimate of drug-likeness (QED) is 0.205. The molecule has 0 aromatic rings. The van der Waals surface area contributed by atoms with Gasteiger partial charge in [0, 0.05) is 11.8 Å². The second-order valence-corrected chi connectivity index (χ2v) is 19.5. The Bertz CT molecular complexity index is 712. The van der Waals surface area contributed by atoms with Crippen LogP contribution in [0.3, 0.4) is 0 Å². The molecule has 0 bridgehead atoms. The summed E-state index contributed by atoms with van der Waals surface area (Å²) in [7, 11) is 0. The molecule has 0 saturated heterocycles. The minimum atomic E-state index is 0.327. The summed E-state index contributed by atoms with van der Waals surface area (Å²) < 4.78 is 0. The first-order valence-electron chi connectivity index (χ1n) is 16.0. The van der Waals surface area contributed by atoms with Gasteiger partial charge in [0.05, 0.1) is 0 Å². The summed E-state index contributed by atoms with van der Waals surface area (Å²) >= 11 is 0. The molecule has 1 aliphatic carbocycles. The smallest absolute Gasteiger partial charge is 0.0146 e. The predicted molar refractivity (Wildman–Crippen MR) is 189 cm³/mol. The SMILES string of the molecule is CC(C)(C)/C=C/C(C)(C)C.CC(C)(C)/C=C\C(C)(C)C.CC(C)(C)C1CC1(C)C(C)(C)C.CC(C)C#CC(C)C. The second-order valence-electron chi connectivity index (χ2n) is 19.5. The van der Waals surface area contributed by atoms with Crippen molar-refractivity contribution >= 4 is 0 Å². The number of allylic oxidation sites excluding steroid dienone is 4. The van der Waals surface area contributed by atoms with Crippen LogP contribution in [-0.4, -0.2) is 0 Å². The first-order valence-corrected chi connectivity index (χ1v) is 16.0. The Morgan fingerprint density at radius 2 is 0.725 bits per heavy atom. The molecule has 40 heavy (non-hydrogen) atoms. The van der Waals surface area contributed by atoms with Crippen molar-refractivity contribution in [2.45, 2.75) is 166 Å². The first-order chi connectivity index (χ1) is 17.1. The summed E-state index contributed by atoms with van der Waals surface area (Å²) in [5, 5.41) is 0. The van der Waals surface area contributed by atoms with Gasteiger partial charge in [0.25, 0.3) is 0 Å². The van der Waals surface area contributed by atoms with Crippen LogP contribution < -0.4 is 0 Å². The van der Waals surface area contributed by atoms with Crippen molar-refractivity contribution in [1.29, 1.82) is 0 Å². The zero-order valence-electron chi connectivity index (χ0n) is 32.2. The molecule has 0 spiro atoms. The molecule has 0 heteroatoms. The van der Waals surface area contributed by atoms with Gasteiger partial charge < -0.3 is 0 Å². The largest absolute Gasteiger partial charge is 0.100 e.